The van der Waals surface area contributed by atoms with Gasteiger partial charge >= 0.3 is 5.97 Å². The number of benzene rings is 1. The Morgan fingerprint density at radius 3 is 2.74 bits per heavy atom. The molecule has 0 radical (unpaired) electrons. The molecule has 0 aliphatic rings. The van der Waals surface area contributed by atoms with Crippen molar-refractivity contribution < 1.29 is 23.5 Å². The molecular formula is C17H16N4O6. The topological polar surface area (TPSA) is 119 Å². The SMILES string of the molecule is COC(=O)c1cncn(Cc2nc(-c3cccc(OC)c3OC)no2)c1=O. The fraction of sp³-hybridized carbons (Fsp3) is 0.235. The summed E-state index contributed by atoms with van der Waals surface area (Å²) in [7, 11) is 4.22. The molecule has 0 atom stereocenters. The van der Waals surface area contributed by atoms with Crippen LogP contribution in [0.15, 0.2) is 40.0 Å². The molecule has 0 unspecified atom stereocenters. The first kappa shape index (κ1) is 18.1. The smallest absolute Gasteiger partial charge is 0.345 e. The van der Waals surface area contributed by atoms with Crippen LogP contribution in [-0.4, -0.2) is 47.0 Å². The minimum atomic E-state index is -0.769. The molecule has 0 aliphatic heterocycles. The van der Waals surface area contributed by atoms with Crippen molar-refractivity contribution in [3.63, 3.8) is 0 Å². The van der Waals surface area contributed by atoms with Crippen LogP contribution in [0.25, 0.3) is 11.4 Å². The highest BCUT2D eigenvalue weighted by atomic mass is 16.5. The largest absolute Gasteiger partial charge is 0.493 e. The lowest BCUT2D eigenvalue weighted by Crippen LogP contribution is -2.27. The van der Waals surface area contributed by atoms with Crippen molar-refractivity contribution in [1.82, 2.24) is 19.7 Å². The maximum atomic E-state index is 12.3. The summed E-state index contributed by atoms with van der Waals surface area (Å²) in [5, 5.41) is 3.92. The van der Waals surface area contributed by atoms with Crippen LogP contribution in [0.5, 0.6) is 11.5 Å². The number of carbonyl (C=O) groups is 1. The number of rotatable bonds is 6. The van der Waals surface area contributed by atoms with Gasteiger partial charge in [-0.05, 0) is 12.1 Å². The Morgan fingerprint density at radius 1 is 1.22 bits per heavy atom. The molecule has 2 aromatic heterocycles. The van der Waals surface area contributed by atoms with Gasteiger partial charge in [0.2, 0.25) is 11.7 Å². The van der Waals surface area contributed by atoms with Crippen LogP contribution in [0.1, 0.15) is 16.2 Å². The van der Waals surface area contributed by atoms with E-state index in [-0.39, 0.29) is 23.8 Å². The minimum Gasteiger partial charge on any atom is -0.493 e. The lowest BCUT2D eigenvalue weighted by atomic mass is 10.1. The highest BCUT2D eigenvalue weighted by Gasteiger charge is 2.18. The standard InChI is InChI=1S/C17H16N4O6/c1-24-12-6-4-5-10(14(12)25-2)15-19-13(27-20-15)8-21-9-18-7-11(16(21)22)17(23)26-3/h4-7,9H,8H2,1-3H3. The van der Waals surface area contributed by atoms with E-state index >= 15 is 0 Å². The Balaban J connectivity index is 1.93. The van der Waals surface area contributed by atoms with Crippen LogP contribution in [0, 0.1) is 0 Å². The second-order valence-corrected chi connectivity index (χ2v) is 5.28. The van der Waals surface area contributed by atoms with Crippen LogP contribution in [-0.2, 0) is 11.3 Å². The molecule has 0 bridgehead atoms. The summed E-state index contributed by atoms with van der Waals surface area (Å²) in [6.45, 7) is -0.0596. The van der Waals surface area contributed by atoms with E-state index in [2.05, 4.69) is 19.9 Å². The molecule has 0 spiro atoms. The third-order valence-corrected chi connectivity index (χ3v) is 3.72. The number of nitrogens with zero attached hydrogens (tertiary/aromatic N) is 4. The highest BCUT2D eigenvalue weighted by Crippen LogP contribution is 2.36. The Labute approximate surface area is 153 Å². The van der Waals surface area contributed by atoms with Crippen molar-refractivity contribution in [2.45, 2.75) is 6.54 Å². The molecule has 0 saturated heterocycles. The van der Waals surface area contributed by atoms with Crippen molar-refractivity contribution in [2.75, 3.05) is 21.3 Å². The maximum Gasteiger partial charge on any atom is 0.345 e. The second kappa shape index (κ2) is 7.68. The van der Waals surface area contributed by atoms with Crippen LogP contribution >= 0.6 is 0 Å². The number of methoxy groups -OCH3 is 3. The molecule has 27 heavy (non-hydrogen) atoms. The molecule has 0 saturated carbocycles. The molecule has 1 aromatic carbocycles. The molecule has 10 nitrogen and oxygen atoms in total. The zero-order chi connectivity index (χ0) is 19.4. The van der Waals surface area contributed by atoms with Gasteiger partial charge in [0.15, 0.2) is 11.5 Å². The van der Waals surface area contributed by atoms with Gasteiger partial charge in [-0.25, -0.2) is 9.78 Å². The average Bonchev–Trinajstić information content (AvgIpc) is 3.16. The van der Waals surface area contributed by atoms with Crippen molar-refractivity contribution >= 4 is 5.97 Å². The molecule has 0 N–H and O–H groups in total. The zero-order valence-electron chi connectivity index (χ0n) is 14.8. The first-order valence-corrected chi connectivity index (χ1v) is 7.75. The van der Waals surface area contributed by atoms with E-state index in [1.165, 1.54) is 32.2 Å². The summed E-state index contributed by atoms with van der Waals surface area (Å²) >= 11 is 0. The zero-order valence-corrected chi connectivity index (χ0v) is 14.8. The van der Waals surface area contributed by atoms with Crippen LogP contribution in [0.4, 0.5) is 0 Å². The molecular weight excluding hydrogens is 356 g/mol. The minimum absolute atomic E-state index is 0.0596. The number of aromatic nitrogens is 4. The molecule has 140 valence electrons. The summed E-state index contributed by atoms with van der Waals surface area (Å²) in [6, 6.07) is 5.26. The maximum absolute atomic E-state index is 12.3. The number of hydrogen-bond acceptors (Lipinski definition) is 9. The predicted octanol–water partition coefficient (Wildman–Crippen LogP) is 1.15. The van der Waals surface area contributed by atoms with Crippen molar-refractivity contribution in [3.05, 3.63) is 52.5 Å². The van der Waals surface area contributed by atoms with E-state index in [9.17, 15) is 9.59 Å². The Morgan fingerprint density at radius 2 is 2.04 bits per heavy atom. The fourth-order valence-electron chi connectivity index (χ4n) is 2.45. The molecule has 3 rings (SSSR count). The molecule has 10 heteroatoms. The Hall–Kier alpha value is -3.69. The average molecular weight is 372 g/mol. The number of hydrogen-bond donors (Lipinski definition) is 0. The summed E-state index contributed by atoms with van der Waals surface area (Å²) < 4.78 is 21.6. The first-order chi connectivity index (χ1) is 13.1. The predicted molar refractivity (Wildman–Crippen MR) is 91.8 cm³/mol. The van der Waals surface area contributed by atoms with E-state index < -0.39 is 11.5 Å². The number of carbonyl (C=O) groups excluding carboxylic acids is 1. The molecule has 0 aliphatic carbocycles. The Bertz CT molecular complexity index is 1030. The van der Waals surface area contributed by atoms with E-state index in [0.29, 0.717) is 17.1 Å². The van der Waals surface area contributed by atoms with E-state index in [1.54, 1.807) is 18.2 Å². The van der Waals surface area contributed by atoms with Gasteiger partial charge in [0.05, 0.1) is 33.2 Å². The van der Waals surface area contributed by atoms with Gasteiger partial charge in [0.1, 0.15) is 12.1 Å². The molecule has 3 aromatic rings. The normalized spacial score (nSPS) is 10.5. The first-order valence-electron chi connectivity index (χ1n) is 7.75. The third kappa shape index (κ3) is 3.50. The lowest BCUT2D eigenvalue weighted by Gasteiger charge is -2.09. The van der Waals surface area contributed by atoms with Crippen LogP contribution in [0.2, 0.25) is 0 Å². The van der Waals surface area contributed by atoms with Gasteiger partial charge in [-0.2, -0.15) is 4.98 Å². The van der Waals surface area contributed by atoms with Gasteiger partial charge in [-0.15, -0.1) is 0 Å². The highest BCUT2D eigenvalue weighted by molar-refractivity contribution is 5.88. The summed E-state index contributed by atoms with van der Waals surface area (Å²) in [5.41, 5.74) is -0.189. The lowest BCUT2D eigenvalue weighted by molar-refractivity contribution is 0.0597. The van der Waals surface area contributed by atoms with Crippen LogP contribution < -0.4 is 15.0 Å². The molecule has 0 fully saturated rings. The summed E-state index contributed by atoms with van der Waals surface area (Å²) in [6.07, 6.45) is 2.41. The second-order valence-electron chi connectivity index (χ2n) is 5.28. The summed E-state index contributed by atoms with van der Waals surface area (Å²) in [4.78, 5) is 32.1. The molecule has 0 amide bonds. The Kier molecular flexibility index (Phi) is 5.15. The van der Waals surface area contributed by atoms with E-state index in [0.717, 1.165) is 6.20 Å². The number of esters is 1. The van der Waals surface area contributed by atoms with Crippen LogP contribution in [0.3, 0.4) is 0 Å². The van der Waals surface area contributed by atoms with Gasteiger partial charge in [-0.3, -0.25) is 9.36 Å². The van der Waals surface area contributed by atoms with E-state index in [1.807, 2.05) is 0 Å². The number of para-hydroxylation sites is 1. The monoisotopic (exact) mass is 372 g/mol. The quantitative estimate of drug-likeness (QED) is 0.587. The molecule has 2 heterocycles. The van der Waals surface area contributed by atoms with Crippen molar-refractivity contribution in [2.24, 2.45) is 0 Å². The van der Waals surface area contributed by atoms with Crippen molar-refractivity contribution in [1.29, 1.82) is 0 Å². The van der Waals surface area contributed by atoms with Gasteiger partial charge in [0, 0.05) is 6.20 Å². The van der Waals surface area contributed by atoms with Gasteiger partial charge in [-0.1, -0.05) is 11.2 Å². The van der Waals surface area contributed by atoms with Crippen molar-refractivity contribution in [3.8, 4) is 22.9 Å². The number of ether oxygens (including phenoxy) is 3. The van der Waals surface area contributed by atoms with Gasteiger partial charge in [0.25, 0.3) is 5.56 Å². The third-order valence-electron chi connectivity index (χ3n) is 3.72. The van der Waals surface area contributed by atoms with E-state index in [4.69, 9.17) is 14.0 Å². The summed E-state index contributed by atoms with van der Waals surface area (Å²) in [5.74, 6) is 0.632. The fourth-order valence-corrected chi connectivity index (χ4v) is 2.45. The van der Waals surface area contributed by atoms with Gasteiger partial charge < -0.3 is 18.7 Å².